The zero-order valence-corrected chi connectivity index (χ0v) is 13.2. The molecule has 1 fully saturated rings. The molecule has 4 nitrogen and oxygen atoms in total. The van der Waals surface area contributed by atoms with E-state index in [1.54, 1.807) is 12.3 Å². The van der Waals surface area contributed by atoms with Crippen LogP contribution in [0.4, 0.5) is 0 Å². The molecule has 0 amide bonds. The van der Waals surface area contributed by atoms with Crippen molar-refractivity contribution in [1.29, 1.82) is 0 Å². The van der Waals surface area contributed by atoms with Crippen molar-refractivity contribution in [3.8, 4) is 5.88 Å². The molecule has 3 atom stereocenters. The van der Waals surface area contributed by atoms with E-state index in [0.29, 0.717) is 34.2 Å². The van der Waals surface area contributed by atoms with Crippen LogP contribution in [0, 0.1) is 17.8 Å². The molecule has 0 aromatic carbocycles. The fourth-order valence-electron chi connectivity index (χ4n) is 2.99. The summed E-state index contributed by atoms with van der Waals surface area (Å²) in [5.74, 6) is 2.30. The average Bonchev–Trinajstić information content (AvgIpc) is 2.38. The first-order chi connectivity index (χ1) is 9.49. The van der Waals surface area contributed by atoms with E-state index in [0.717, 1.165) is 6.42 Å². The van der Waals surface area contributed by atoms with Crippen molar-refractivity contribution in [2.24, 2.45) is 23.5 Å². The maximum absolute atomic E-state index is 6.15. The van der Waals surface area contributed by atoms with Gasteiger partial charge in [0.05, 0.1) is 11.8 Å². The molecule has 0 bridgehead atoms. The predicted octanol–water partition coefficient (Wildman–Crippen LogP) is 2.95. The summed E-state index contributed by atoms with van der Waals surface area (Å²) in [5.41, 5.74) is 6.40. The summed E-state index contributed by atoms with van der Waals surface area (Å²) in [5, 5.41) is 7.97. The van der Waals surface area contributed by atoms with Gasteiger partial charge in [-0.15, -0.1) is 5.10 Å². The third kappa shape index (κ3) is 3.45. The van der Waals surface area contributed by atoms with E-state index in [9.17, 15) is 0 Å². The van der Waals surface area contributed by atoms with Crippen molar-refractivity contribution in [2.45, 2.75) is 46.1 Å². The summed E-state index contributed by atoms with van der Waals surface area (Å²) >= 11 is 5.05. The number of nitrogens with zero attached hydrogens (tertiary/aromatic N) is 2. The van der Waals surface area contributed by atoms with Crippen LogP contribution in [0.25, 0.3) is 0 Å². The molecule has 1 aromatic rings. The lowest BCUT2D eigenvalue weighted by molar-refractivity contribution is 0.0418. The van der Waals surface area contributed by atoms with Gasteiger partial charge in [0.2, 0.25) is 5.88 Å². The van der Waals surface area contributed by atoms with Gasteiger partial charge in [-0.3, -0.25) is 0 Å². The lowest BCUT2D eigenvalue weighted by Gasteiger charge is -2.37. The molecule has 1 aliphatic carbocycles. The summed E-state index contributed by atoms with van der Waals surface area (Å²) < 4.78 is 6.15. The summed E-state index contributed by atoms with van der Waals surface area (Å²) in [6.07, 6.45) is 5.28. The molecule has 20 heavy (non-hydrogen) atoms. The molecule has 0 radical (unpaired) electrons. The van der Waals surface area contributed by atoms with Gasteiger partial charge in [-0.2, -0.15) is 5.10 Å². The lowest BCUT2D eigenvalue weighted by Crippen LogP contribution is -2.37. The number of ether oxygens (including phenoxy) is 1. The molecule has 1 saturated carbocycles. The van der Waals surface area contributed by atoms with E-state index in [2.05, 4.69) is 31.0 Å². The SMILES string of the molecule is CC1CCC(C(C)C)C(Oc2nnccc2C(N)=S)C1. The molecule has 0 aliphatic heterocycles. The van der Waals surface area contributed by atoms with E-state index in [1.165, 1.54) is 12.8 Å². The maximum atomic E-state index is 6.15. The van der Waals surface area contributed by atoms with Gasteiger partial charge >= 0.3 is 0 Å². The molecule has 0 spiro atoms. The Labute approximate surface area is 126 Å². The highest BCUT2D eigenvalue weighted by atomic mass is 32.1. The molecule has 0 saturated heterocycles. The first-order valence-electron chi connectivity index (χ1n) is 7.27. The molecule has 110 valence electrons. The van der Waals surface area contributed by atoms with Crippen LogP contribution in [0.15, 0.2) is 12.3 Å². The van der Waals surface area contributed by atoms with E-state index in [4.69, 9.17) is 22.7 Å². The largest absolute Gasteiger partial charge is 0.472 e. The van der Waals surface area contributed by atoms with E-state index in [1.807, 2.05) is 0 Å². The smallest absolute Gasteiger partial charge is 0.244 e. The summed E-state index contributed by atoms with van der Waals surface area (Å²) in [7, 11) is 0. The molecule has 1 aliphatic rings. The number of rotatable bonds is 4. The fourth-order valence-corrected chi connectivity index (χ4v) is 3.14. The Morgan fingerprint density at radius 1 is 1.45 bits per heavy atom. The van der Waals surface area contributed by atoms with Crippen LogP contribution in [-0.2, 0) is 0 Å². The van der Waals surface area contributed by atoms with Gasteiger partial charge in [-0.05, 0) is 36.7 Å². The highest BCUT2D eigenvalue weighted by Gasteiger charge is 2.33. The Bertz CT molecular complexity index is 478. The van der Waals surface area contributed by atoms with Crippen LogP contribution >= 0.6 is 12.2 Å². The molecule has 2 rings (SSSR count). The zero-order chi connectivity index (χ0) is 14.7. The van der Waals surface area contributed by atoms with E-state index < -0.39 is 0 Å². The first kappa shape index (κ1) is 15.2. The van der Waals surface area contributed by atoms with Crippen molar-refractivity contribution in [1.82, 2.24) is 10.2 Å². The van der Waals surface area contributed by atoms with Crippen LogP contribution in [0.1, 0.15) is 45.6 Å². The quantitative estimate of drug-likeness (QED) is 0.865. The van der Waals surface area contributed by atoms with Crippen molar-refractivity contribution in [2.75, 3.05) is 0 Å². The predicted molar refractivity (Wildman–Crippen MR) is 83.7 cm³/mol. The Morgan fingerprint density at radius 3 is 2.85 bits per heavy atom. The van der Waals surface area contributed by atoms with Gasteiger partial charge in [-0.1, -0.05) is 39.4 Å². The van der Waals surface area contributed by atoms with Crippen LogP contribution < -0.4 is 10.5 Å². The van der Waals surface area contributed by atoms with Crippen LogP contribution in [0.3, 0.4) is 0 Å². The van der Waals surface area contributed by atoms with E-state index in [-0.39, 0.29) is 6.10 Å². The second kappa shape index (κ2) is 6.48. The standard InChI is InChI=1S/C15H23N3OS/c1-9(2)11-5-4-10(3)8-13(11)19-15-12(14(16)20)6-7-17-18-15/h6-7,9-11,13H,4-5,8H2,1-3H3,(H2,16,20). The van der Waals surface area contributed by atoms with Gasteiger partial charge in [0, 0.05) is 0 Å². The lowest BCUT2D eigenvalue weighted by atomic mass is 9.75. The number of aromatic nitrogens is 2. The minimum atomic E-state index is 0.170. The molecular formula is C15H23N3OS. The Balaban J connectivity index is 2.20. The van der Waals surface area contributed by atoms with Gasteiger partial charge in [0.15, 0.2) is 0 Å². The highest BCUT2D eigenvalue weighted by Crippen LogP contribution is 2.36. The molecule has 3 unspecified atom stereocenters. The fraction of sp³-hybridized carbons (Fsp3) is 0.667. The minimum absolute atomic E-state index is 0.170. The van der Waals surface area contributed by atoms with Gasteiger partial charge in [-0.25, -0.2) is 0 Å². The number of thiocarbonyl (C=S) groups is 1. The Kier molecular flexibility index (Phi) is 4.91. The second-order valence-electron chi connectivity index (χ2n) is 6.10. The summed E-state index contributed by atoms with van der Waals surface area (Å²) in [6, 6.07) is 1.77. The molecule has 1 aromatic heterocycles. The Hall–Kier alpha value is -1.23. The maximum Gasteiger partial charge on any atom is 0.244 e. The van der Waals surface area contributed by atoms with Gasteiger partial charge in [0.1, 0.15) is 11.1 Å². The molecular weight excluding hydrogens is 270 g/mol. The Morgan fingerprint density at radius 2 is 2.20 bits per heavy atom. The monoisotopic (exact) mass is 293 g/mol. The van der Waals surface area contributed by atoms with Crippen molar-refractivity contribution < 1.29 is 4.74 Å². The molecule has 2 N–H and O–H groups in total. The van der Waals surface area contributed by atoms with Crippen LogP contribution in [0.2, 0.25) is 0 Å². The van der Waals surface area contributed by atoms with Gasteiger partial charge < -0.3 is 10.5 Å². The first-order valence-corrected chi connectivity index (χ1v) is 7.68. The molecule has 1 heterocycles. The topological polar surface area (TPSA) is 61.0 Å². The third-order valence-electron chi connectivity index (χ3n) is 4.18. The van der Waals surface area contributed by atoms with Crippen molar-refractivity contribution in [3.05, 3.63) is 17.8 Å². The number of hydrogen-bond acceptors (Lipinski definition) is 4. The van der Waals surface area contributed by atoms with Crippen molar-refractivity contribution >= 4 is 17.2 Å². The van der Waals surface area contributed by atoms with Crippen molar-refractivity contribution in [3.63, 3.8) is 0 Å². The van der Waals surface area contributed by atoms with Gasteiger partial charge in [0.25, 0.3) is 0 Å². The zero-order valence-electron chi connectivity index (χ0n) is 12.4. The highest BCUT2D eigenvalue weighted by molar-refractivity contribution is 7.80. The number of hydrogen-bond donors (Lipinski definition) is 1. The summed E-state index contributed by atoms with van der Waals surface area (Å²) in [4.78, 5) is 0.305. The van der Waals surface area contributed by atoms with Crippen LogP contribution in [0.5, 0.6) is 5.88 Å². The average molecular weight is 293 g/mol. The normalized spacial score (nSPS) is 26.5. The third-order valence-corrected chi connectivity index (χ3v) is 4.40. The number of nitrogens with two attached hydrogens (primary N) is 1. The van der Waals surface area contributed by atoms with Crippen LogP contribution in [-0.4, -0.2) is 21.3 Å². The molecule has 5 heteroatoms. The second-order valence-corrected chi connectivity index (χ2v) is 6.54. The summed E-state index contributed by atoms with van der Waals surface area (Å²) in [6.45, 7) is 6.78. The van der Waals surface area contributed by atoms with E-state index >= 15 is 0 Å². The minimum Gasteiger partial charge on any atom is -0.472 e.